The highest BCUT2D eigenvalue weighted by atomic mass is 16.3. The molecule has 1 heterocycles. The lowest BCUT2D eigenvalue weighted by atomic mass is 10.1. The van der Waals surface area contributed by atoms with Gasteiger partial charge in [-0.25, -0.2) is 0 Å². The summed E-state index contributed by atoms with van der Waals surface area (Å²) in [6, 6.07) is 10.5. The Kier molecular flexibility index (Phi) is 4.77. The molecule has 5 heteroatoms. The zero-order chi connectivity index (χ0) is 15.2. The third-order valence-electron chi connectivity index (χ3n) is 2.96. The largest absolute Gasteiger partial charge is 0.467 e. The van der Waals surface area contributed by atoms with Gasteiger partial charge >= 0.3 is 0 Å². The van der Waals surface area contributed by atoms with Gasteiger partial charge in [-0.15, -0.1) is 0 Å². The highest BCUT2D eigenvalue weighted by molar-refractivity contribution is 6.04. The number of hydrogen-bond donors (Lipinski definition) is 2. The van der Waals surface area contributed by atoms with Gasteiger partial charge in [0.05, 0.1) is 24.1 Å². The molecule has 110 valence electrons. The van der Waals surface area contributed by atoms with E-state index in [1.807, 2.05) is 0 Å². The predicted octanol–water partition coefficient (Wildman–Crippen LogP) is 2.80. The Hall–Kier alpha value is -2.56. The van der Waals surface area contributed by atoms with Gasteiger partial charge in [-0.1, -0.05) is 26.0 Å². The van der Waals surface area contributed by atoms with E-state index in [1.165, 1.54) is 0 Å². The van der Waals surface area contributed by atoms with Crippen LogP contribution in [-0.4, -0.2) is 11.8 Å². The van der Waals surface area contributed by atoms with Crippen molar-refractivity contribution in [1.82, 2.24) is 5.32 Å². The minimum Gasteiger partial charge on any atom is -0.467 e. The maximum Gasteiger partial charge on any atom is 0.253 e. The summed E-state index contributed by atoms with van der Waals surface area (Å²) in [6.45, 7) is 3.90. The van der Waals surface area contributed by atoms with Gasteiger partial charge in [-0.3, -0.25) is 9.59 Å². The van der Waals surface area contributed by atoms with E-state index in [0.717, 1.165) is 0 Å². The van der Waals surface area contributed by atoms with Crippen molar-refractivity contribution in [2.75, 3.05) is 5.32 Å². The number of rotatable bonds is 5. The molecule has 0 atom stereocenters. The normalized spacial score (nSPS) is 10.4. The number of furan rings is 1. The van der Waals surface area contributed by atoms with Crippen molar-refractivity contribution in [2.45, 2.75) is 20.4 Å². The molecule has 5 nitrogen and oxygen atoms in total. The lowest BCUT2D eigenvalue weighted by molar-refractivity contribution is -0.118. The van der Waals surface area contributed by atoms with Gasteiger partial charge in [0, 0.05) is 5.92 Å². The van der Waals surface area contributed by atoms with Crippen molar-refractivity contribution in [3.8, 4) is 0 Å². The third-order valence-corrected chi connectivity index (χ3v) is 2.96. The summed E-state index contributed by atoms with van der Waals surface area (Å²) in [4.78, 5) is 24.0. The lowest BCUT2D eigenvalue weighted by Gasteiger charge is -2.12. The summed E-state index contributed by atoms with van der Waals surface area (Å²) in [7, 11) is 0. The number of carbonyl (C=O) groups excluding carboxylic acids is 2. The molecule has 0 aliphatic heterocycles. The van der Waals surface area contributed by atoms with Crippen molar-refractivity contribution in [2.24, 2.45) is 5.92 Å². The van der Waals surface area contributed by atoms with E-state index < -0.39 is 0 Å². The Morgan fingerprint density at radius 1 is 1.14 bits per heavy atom. The van der Waals surface area contributed by atoms with E-state index >= 15 is 0 Å². The molecule has 0 spiro atoms. The van der Waals surface area contributed by atoms with Gasteiger partial charge in [0.1, 0.15) is 5.76 Å². The SMILES string of the molecule is CC(C)C(=O)Nc1ccccc1C(=O)NCc1ccco1. The fourth-order valence-corrected chi connectivity index (χ4v) is 1.74. The number of amides is 2. The molecule has 2 N–H and O–H groups in total. The van der Waals surface area contributed by atoms with Crippen LogP contribution in [0.1, 0.15) is 30.0 Å². The highest BCUT2D eigenvalue weighted by Crippen LogP contribution is 2.16. The van der Waals surface area contributed by atoms with Crippen LogP contribution in [-0.2, 0) is 11.3 Å². The van der Waals surface area contributed by atoms with Crippen molar-refractivity contribution >= 4 is 17.5 Å². The molecule has 0 saturated heterocycles. The molecule has 0 fully saturated rings. The van der Waals surface area contributed by atoms with Crippen LogP contribution in [0.5, 0.6) is 0 Å². The van der Waals surface area contributed by atoms with E-state index in [0.29, 0.717) is 23.6 Å². The minimum atomic E-state index is -0.258. The Morgan fingerprint density at radius 2 is 1.90 bits per heavy atom. The predicted molar refractivity (Wildman–Crippen MR) is 79.8 cm³/mol. The van der Waals surface area contributed by atoms with Crippen LogP contribution in [0.25, 0.3) is 0 Å². The zero-order valence-electron chi connectivity index (χ0n) is 12.1. The van der Waals surface area contributed by atoms with Crippen molar-refractivity contribution in [3.05, 3.63) is 54.0 Å². The number of para-hydroxylation sites is 1. The second-order valence-electron chi connectivity index (χ2n) is 4.95. The standard InChI is InChI=1S/C16H18N2O3/c1-11(2)15(19)18-14-8-4-3-7-13(14)16(20)17-10-12-6-5-9-21-12/h3-9,11H,10H2,1-2H3,(H,17,20)(H,18,19). The van der Waals surface area contributed by atoms with Crippen LogP contribution in [0.2, 0.25) is 0 Å². The fraction of sp³-hybridized carbons (Fsp3) is 0.250. The van der Waals surface area contributed by atoms with E-state index in [2.05, 4.69) is 10.6 Å². The van der Waals surface area contributed by atoms with Gasteiger partial charge in [0.2, 0.25) is 5.91 Å². The smallest absolute Gasteiger partial charge is 0.253 e. The van der Waals surface area contributed by atoms with Gasteiger partial charge in [0.15, 0.2) is 0 Å². The Balaban J connectivity index is 2.08. The molecule has 2 aromatic rings. The number of anilines is 1. The van der Waals surface area contributed by atoms with E-state index in [9.17, 15) is 9.59 Å². The van der Waals surface area contributed by atoms with Crippen LogP contribution in [0.4, 0.5) is 5.69 Å². The Morgan fingerprint density at radius 3 is 2.57 bits per heavy atom. The molecule has 0 aliphatic carbocycles. The van der Waals surface area contributed by atoms with Crippen LogP contribution >= 0.6 is 0 Å². The molecular formula is C16H18N2O3. The van der Waals surface area contributed by atoms with Gasteiger partial charge in [-0.2, -0.15) is 0 Å². The van der Waals surface area contributed by atoms with Crippen molar-refractivity contribution in [3.63, 3.8) is 0 Å². The quantitative estimate of drug-likeness (QED) is 0.887. The average molecular weight is 286 g/mol. The summed E-state index contributed by atoms with van der Waals surface area (Å²) in [5, 5.41) is 5.52. The number of nitrogens with one attached hydrogen (secondary N) is 2. The molecule has 0 bridgehead atoms. The number of carbonyl (C=O) groups is 2. The highest BCUT2D eigenvalue weighted by Gasteiger charge is 2.14. The molecule has 0 saturated carbocycles. The molecule has 0 unspecified atom stereocenters. The average Bonchev–Trinajstić information content (AvgIpc) is 2.98. The second kappa shape index (κ2) is 6.74. The zero-order valence-corrected chi connectivity index (χ0v) is 12.1. The molecule has 0 aliphatic rings. The monoisotopic (exact) mass is 286 g/mol. The number of benzene rings is 1. The maximum atomic E-state index is 12.2. The van der Waals surface area contributed by atoms with Crippen molar-refractivity contribution in [1.29, 1.82) is 0 Å². The van der Waals surface area contributed by atoms with Gasteiger partial charge < -0.3 is 15.1 Å². The molecule has 0 radical (unpaired) electrons. The maximum absolute atomic E-state index is 12.2. The third kappa shape index (κ3) is 3.95. The molecule has 1 aromatic heterocycles. The summed E-state index contributed by atoms with van der Waals surface area (Å²) >= 11 is 0. The molecular weight excluding hydrogens is 268 g/mol. The Labute approximate surface area is 123 Å². The number of hydrogen-bond acceptors (Lipinski definition) is 3. The second-order valence-corrected chi connectivity index (χ2v) is 4.95. The Bertz CT molecular complexity index is 618. The summed E-state index contributed by atoms with van der Waals surface area (Å²) < 4.78 is 5.16. The first-order valence-electron chi connectivity index (χ1n) is 6.78. The molecule has 2 rings (SSSR count). The summed E-state index contributed by atoms with van der Waals surface area (Å²) in [5.74, 6) is 0.142. The first kappa shape index (κ1) is 14.8. The molecule has 1 aromatic carbocycles. The first-order valence-corrected chi connectivity index (χ1v) is 6.78. The van der Waals surface area contributed by atoms with Crippen LogP contribution in [0, 0.1) is 5.92 Å². The van der Waals surface area contributed by atoms with E-state index in [-0.39, 0.29) is 17.7 Å². The van der Waals surface area contributed by atoms with Gasteiger partial charge in [-0.05, 0) is 24.3 Å². The van der Waals surface area contributed by atoms with Crippen molar-refractivity contribution < 1.29 is 14.0 Å². The topological polar surface area (TPSA) is 71.3 Å². The van der Waals surface area contributed by atoms with E-state index in [4.69, 9.17) is 4.42 Å². The lowest BCUT2D eigenvalue weighted by Crippen LogP contribution is -2.25. The first-order chi connectivity index (χ1) is 10.1. The molecule has 21 heavy (non-hydrogen) atoms. The van der Waals surface area contributed by atoms with Gasteiger partial charge in [0.25, 0.3) is 5.91 Å². The fourth-order valence-electron chi connectivity index (χ4n) is 1.74. The van der Waals surface area contributed by atoms with E-state index in [1.54, 1.807) is 56.5 Å². The molecule has 2 amide bonds. The summed E-state index contributed by atoms with van der Waals surface area (Å²) in [5.41, 5.74) is 0.936. The van der Waals surface area contributed by atoms with Crippen LogP contribution in [0.3, 0.4) is 0 Å². The van der Waals surface area contributed by atoms with Crippen LogP contribution < -0.4 is 10.6 Å². The minimum absolute atomic E-state index is 0.124. The summed E-state index contributed by atoms with van der Waals surface area (Å²) in [6.07, 6.45) is 1.55. The van der Waals surface area contributed by atoms with Crippen LogP contribution in [0.15, 0.2) is 47.1 Å².